The highest BCUT2D eigenvalue weighted by Gasteiger charge is 2.37. The second-order valence-electron chi connectivity index (χ2n) is 4.46. The molecule has 1 fully saturated rings. The third kappa shape index (κ3) is 2.47. The van der Waals surface area contributed by atoms with Crippen LogP contribution in [0, 0.1) is 5.92 Å². The average molecular weight is 246 g/mol. The van der Waals surface area contributed by atoms with E-state index in [2.05, 4.69) is 0 Å². The Labute approximate surface area is 105 Å². The van der Waals surface area contributed by atoms with Gasteiger partial charge in [0.2, 0.25) is 0 Å². The van der Waals surface area contributed by atoms with Gasteiger partial charge in [0.05, 0.1) is 0 Å². The van der Waals surface area contributed by atoms with Gasteiger partial charge in [0.25, 0.3) is 0 Å². The lowest BCUT2D eigenvalue weighted by Crippen LogP contribution is -2.25. The fraction of sp³-hybridized carbons (Fsp3) is 0.357. The molecule has 0 bridgehead atoms. The van der Waals surface area contributed by atoms with E-state index < -0.39 is 5.92 Å². The van der Waals surface area contributed by atoms with Crippen molar-refractivity contribution in [2.45, 2.75) is 25.7 Å². The molecule has 0 radical (unpaired) electrons. The zero-order valence-corrected chi connectivity index (χ0v) is 9.89. The second kappa shape index (κ2) is 5.12. The molecule has 1 aliphatic rings. The standard InChI is InChI=1S/C14H14O4/c15-10-4-2-1-3-9(10)5-6-11(16)14-12(17)7-8-13(14)18/h1-4,14-15H,5-8H2. The van der Waals surface area contributed by atoms with Gasteiger partial charge >= 0.3 is 0 Å². The van der Waals surface area contributed by atoms with Gasteiger partial charge in [0.15, 0.2) is 17.3 Å². The van der Waals surface area contributed by atoms with E-state index in [0.717, 1.165) is 0 Å². The number of hydrogen-bond acceptors (Lipinski definition) is 4. The lowest BCUT2D eigenvalue weighted by atomic mass is 9.95. The van der Waals surface area contributed by atoms with Crippen LogP contribution in [-0.4, -0.2) is 22.5 Å². The molecule has 18 heavy (non-hydrogen) atoms. The molecule has 0 amide bonds. The Kier molecular flexibility index (Phi) is 3.55. The molecule has 1 saturated carbocycles. The van der Waals surface area contributed by atoms with Crippen molar-refractivity contribution in [1.29, 1.82) is 0 Å². The highest BCUT2D eigenvalue weighted by molar-refractivity contribution is 6.23. The molecule has 0 heterocycles. The molecule has 1 aromatic rings. The van der Waals surface area contributed by atoms with Gasteiger partial charge in [0, 0.05) is 19.3 Å². The molecule has 4 heteroatoms. The number of rotatable bonds is 4. The second-order valence-corrected chi connectivity index (χ2v) is 4.46. The molecule has 2 rings (SSSR count). The third-order valence-electron chi connectivity index (χ3n) is 3.22. The smallest absolute Gasteiger partial charge is 0.151 e. The minimum Gasteiger partial charge on any atom is -0.508 e. The highest BCUT2D eigenvalue weighted by Crippen LogP contribution is 2.22. The van der Waals surface area contributed by atoms with Crippen LogP contribution in [-0.2, 0) is 20.8 Å². The third-order valence-corrected chi connectivity index (χ3v) is 3.22. The van der Waals surface area contributed by atoms with Crippen molar-refractivity contribution in [1.82, 2.24) is 0 Å². The van der Waals surface area contributed by atoms with Gasteiger partial charge in [-0.15, -0.1) is 0 Å². The number of benzene rings is 1. The van der Waals surface area contributed by atoms with Crippen LogP contribution < -0.4 is 0 Å². The SMILES string of the molecule is O=C1CCC(=O)C1C(=O)CCc1ccccc1O. The van der Waals surface area contributed by atoms with E-state index in [-0.39, 0.29) is 42.4 Å². The number of carbonyl (C=O) groups is 3. The summed E-state index contributed by atoms with van der Waals surface area (Å²) in [5, 5.41) is 9.55. The van der Waals surface area contributed by atoms with E-state index >= 15 is 0 Å². The predicted molar refractivity (Wildman–Crippen MR) is 64.2 cm³/mol. The number of phenols is 1. The van der Waals surface area contributed by atoms with Crippen molar-refractivity contribution < 1.29 is 19.5 Å². The van der Waals surface area contributed by atoms with Gasteiger partial charge in [-0.3, -0.25) is 14.4 Å². The number of ketones is 3. The summed E-state index contributed by atoms with van der Waals surface area (Å²) in [4.78, 5) is 34.7. The summed E-state index contributed by atoms with van der Waals surface area (Å²) in [6.07, 6.45) is 0.833. The van der Waals surface area contributed by atoms with E-state index in [0.29, 0.717) is 12.0 Å². The molecule has 0 saturated heterocycles. The van der Waals surface area contributed by atoms with Crippen molar-refractivity contribution in [2.75, 3.05) is 0 Å². The minimum absolute atomic E-state index is 0.111. The number of hydrogen-bond donors (Lipinski definition) is 1. The summed E-state index contributed by atoms with van der Waals surface area (Å²) < 4.78 is 0. The van der Waals surface area contributed by atoms with Gasteiger partial charge < -0.3 is 5.11 Å². The monoisotopic (exact) mass is 246 g/mol. The van der Waals surface area contributed by atoms with E-state index in [1.54, 1.807) is 24.3 Å². The molecule has 0 aromatic heterocycles. The fourth-order valence-electron chi connectivity index (χ4n) is 2.20. The Morgan fingerprint density at radius 1 is 1.17 bits per heavy atom. The predicted octanol–water partition coefficient (Wildman–Crippen LogP) is 1.44. The van der Waals surface area contributed by atoms with Crippen LogP contribution in [0.2, 0.25) is 0 Å². The van der Waals surface area contributed by atoms with E-state index in [4.69, 9.17) is 0 Å². The largest absolute Gasteiger partial charge is 0.508 e. The summed E-state index contributed by atoms with van der Waals surface area (Å²) in [7, 11) is 0. The van der Waals surface area contributed by atoms with Crippen LogP contribution in [0.1, 0.15) is 24.8 Å². The molecule has 0 unspecified atom stereocenters. The molecule has 0 aliphatic heterocycles. The molecule has 1 aliphatic carbocycles. The first kappa shape index (κ1) is 12.5. The van der Waals surface area contributed by atoms with Crippen LogP contribution in [0.15, 0.2) is 24.3 Å². The average Bonchev–Trinajstić information content (AvgIpc) is 2.68. The Morgan fingerprint density at radius 3 is 2.39 bits per heavy atom. The summed E-state index contributed by atoms with van der Waals surface area (Å²) in [5.74, 6) is -1.76. The van der Waals surface area contributed by atoms with Crippen molar-refractivity contribution in [2.24, 2.45) is 5.92 Å². The number of aryl methyl sites for hydroxylation is 1. The number of para-hydroxylation sites is 1. The summed E-state index contributed by atoms with van der Waals surface area (Å²) in [6.45, 7) is 0. The van der Waals surface area contributed by atoms with Crippen LogP contribution in [0.5, 0.6) is 5.75 Å². The Hall–Kier alpha value is -1.97. The lowest BCUT2D eigenvalue weighted by Gasteiger charge is -2.07. The van der Waals surface area contributed by atoms with Crippen LogP contribution in [0.25, 0.3) is 0 Å². The molecule has 0 spiro atoms. The molecular formula is C14H14O4. The normalized spacial score (nSPS) is 16.2. The summed E-state index contributed by atoms with van der Waals surface area (Å²) >= 11 is 0. The van der Waals surface area contributed by atoms with Crippen LogP contribution in [0.3, 0.4) is 0 Å². The van der Waals surface area contributed by atoms with Crippen LogP contribution in [0.4, 0.5) is 0 Å². The van der Waals surface area contributed by atoms with Gasteiger partial charge in [-0.05, 0) is 18.1 Å². The Bertz CT molecular complexity index is 488. The van der Waals surface area contributed by atoms with Crippen molar-refractivity contribution in [3.05, 3.63) is 29.8 Å². The van der Waals surface area contributed by atoms with Gasteiger partial charge in [0.1, 0.15) is 11.7 Å². The Morgan fingerprint density at radius 2 is 1.78 bits per heavy atom. The van der Waals surface area contributed by atoms with Gasteiger partial charge in [-0.2, -0.15) is 0 Å². The zero-order valence-electron chi connectivity index (χ0n) is 9.89. The lowest BCUT2D eigenvalue weighted by molar-refractivity contribution is -0.136. The van der Waals surface area contributed by atoms with E-state index in [1.165, 1.54) is 0 Å². The molecule has 1 N–H and O–H groups in total. The van der Waals surface area contributed by atoms with E-state index in [9.17, 15) is 19.5 Å². The quantitative estimate of drug-likeness (QED) is 0.816. The molecule has 4 nitrogen and oxygen atoms in total. The number of Topliss-reactive ketones (excluding diaryl/α,β-unsaturated/α-hetero) is 3. The van der Waals surface area contributed by atoms with Gasteiger partial charge in [-0.1, -0.05) is 18.2 Å². The highest BCUT2D eigenvalue weighted by atomic mass is 16.3. The van der Waals surface area contributed by atoms with Crippen molar-refractivity contribution in [3.63, 3.8) is 0 Å². The summed E-state index contributed by atoms with van der Waals surface area (Å²) in [5.41, 5.74) is 0.656. The number of aromatic hydroxyl groups is 1. The maximum absolute atomic E-state index is 11.8. The summed E-state index contributed by atoms with van der Waals surface area (Å²) in [6, 6.07) is 6.74. The molecule has 1 aromatic carbocycles. The molecular weight excluding hydrogens is 232 g/mol. The Balaban J connectivity index is 1.99. The first-order chi connectivity index (χ1) is 8.59. The van der Waals surface area contributed by atoms with Crippen molar-refractivity contribution >= 4 is 17.3 Å². The number of phenolic OH excluding ortho intramolecular Hbond substituents is 1. The maximum Gasteiger partial charge on any atom is 0.151 e. The van der Waals surface area contributed by atoms with Crippen LogP contribution >= 0.6 is 0 Å². The molecule has 0 atom stereocenters. The van der Waals surface area contributed by atoms with E-state index in [1.807, 2.05) is 0 Å². The zero-order chi connectivity index (χ0) is 13.1. The number of carbonyl (C=O) groups excluding carboxylic acids is 3. The fourth-order valence-corrected chi connectivity index (χ4v) is 2.20. The molecule has 94 valence electrons. The first-order valence-corrected chi connectivity index (χ1v) is 5.94. The first-order valence-electron chi connectivity index (χ1n) is 5.94. The van der Waals surface area contributed by atoms with Crippen molar-refractivity contribution in [3.8, 4) is 5.75 Å². The minimum atomic E-state index is -1.05. The topological polar surface area (TPSA) is 71.4 Å². The maximum atomic E-state index is 11.8. The van der Waals surface area contributed by atoms with Gasteiger partial charge in [-0.25, -0.2) is 0 Å².